The van der Waals surface area contributed by atoms with Gasteiger partial charge in [-0.1, -0.05) is 201 Å². The highest BCUT2D eigenvalue weighted by molar-refractivity contribution is 6.31. The molecule has 10 aromatic rings. The van der Waals surface area contributed by atoms with E-state index in [9.17, 15) is 0 Å². The number of allylic oxidation sites excluding steroid dienone is 5. The van der Waals surface area contributed by atoms with Crippen molar-refractivity contribution in [2.45, 2.75) is 6.92 Å². The average molecular weight is 723 g/mol. The van der Waals surface area contributed by atoms with Crippen molar-refractivity contribution in [1.29, 1.82) is 0 Å². The number of rotatable bonds is 3. The molecule has 0 amide bonds. The van der Waals surface area contributed by atoms with E-state index in [1.54, 1.807) is 0 Å². The first kappa shape index (κ1) is 32.2. The molecule has 2 unspecified atom stereocenters. The number of hydrogen-bond acceptors (Lipinski definition) is 0. The molecule has 0 saturated heterocycles. The van der Waals surface area contributed by atoms with E-state index in [0.717, 1.165) is 0 Å². The average Bonchev–Trinajstić information content (AvgIpc) is 3.27. The third-order valence-corrected chi connectivity index (χ3v) is 12.9. The maximum Gasteiger partial charge on any atom is 0.00938 e. The van der Waals surface area contributed by atoms with E-state index >= 15 is 0 Å². The van der Waals surface area contributed by atoms with Crippen LogP contribution in [0, 0.1) is 11.8 Å². The zero-order valence-electron chi connectivity index (χ0n) is 31.7. The summed E-state index contributed by atoms with van der Waals surface area (Å²) in [5.74, 6) is 0.741. The van der Waals surface area contributed by atoms with Gasteiger partial charge in [0.05, 0.1) is 0 Å². The van der Waals surface area contributed by atoms with Crippen LogP contribution in [0.2, 0.25) is 0 Å². The van der Waals surface area contributed by atoms with Crippen molar-refractivity contribution < 1.29 is 0 Å². The van der Waals surface area contributed by atoms with Gasteiger partial charge in [0.2, 0.25) is 0 Å². The standard InChI is InChI=1S/C57H38/c1-35-17-16-32-40-39-21-5-7-23-42(39)53(34-51(35)40)55-45-26-10-14-30-49(45)57(50-31-15-11-27-46(50)55)56-47-28-12-8-24-43(47)54(44-25-9-13-29-48(44)56)52-33-36-18-2-3-19-37(36)38-20-4-6-22-41(38)52/h2-35,51H,1H3. The van der Waals surface area contributed by atoms with Crippen LogP contribution in [0.3, 0.4) is 0 Å². The van der Waals surface area contributed by atoms with Crippen molar-refractivity contribution in [3.8, 4) is 22.3 Å². The quantitative estimate of drug-likeness (QED) is 0.126. The predicted molar refractivity (Wildman–Crippen MR) is 246 cm³/mol. The fourth-order valence-electron chi connectivity index (χ4n) is 10.5. The smallest absolute Gasteiger partial charge is 0.00938 e. The van der Waals surface area contributed by atoms with E-state index in [2.05, 4.69) is 207 Å². The summed E-state index contributed by atoms with van der Waals surface area (Å²) in [6.45, 7) is 2.36. The molecule has 57 heavy (non-hydrogen) atoms. The Morgan fingerprint density at radius 1 is 0.351 bits per heavy atom. The molecule has 2 aliphatic carbocycles. The molecule has 0 saturated carbocycles. The molecule has 10 aromatic carbocycles. The van der Waals surface area contributed by atoms with Gasteiger partial charge in [0, 0.05) is 5.92 Å². The van der Waals surface area contributed by atoms with Gasteiger partial charge in [-0.25, -0.2) is 0 Å². The van der Waals surface area contributed by atoms with Crippen LogP contribution in [-0.4, -0.2) is 0 Å². The summed E-state index contributed by atoms with van der Waals surface area (Å²) in [5, 5.41) is 15.3. The van der Waals surface area contributed by atoms with Crippen molar-refractivity contribution in [2.24, 2.45) is 11.8 Å². The number of fused-ring (bicyclic) bond motifs is 10. The molecule has 12 rings (SSSR count). The molecular formula is C57H38. The minimum Gasteiger partial charge on any atom is -0.0808 e. The Hall–Kier alpha value is -7.02. The summed E-state index contributed by atoms with van der Waals surface area (Å²) < 4.78 is 0. The summed E-state index contributed by atoms with van der Waals surface area (Å²) >= 11 is 0. The van der Waals surface area contributed by atoms with Gasteiger partial charge in [-0.3, -0.25) is 0 Å². The molecule has 0 bridgehead atoms. The Kier molecular flexibility index (Phi) is 7.07. The summed E-state index contributed by atoms with van der Waals surface area (Å²) in [4.78, 5) is 0. The summed E-state index contributed by atoms with van der Waals surface area (Å²) in [5.41, 5.74) is 11.9. The lowest BCUT2D eigenvalue weighted by Gasteiger charge is -2.33. The molecular weight excluding hydrogens is 685 g/mol. The zero-order valence-corrected chi connectivity index (χ0v) is 31.7. The van der Waals surface area contributed by atoms with Gasteiger partial charge in [-0.15, -0.1) is 0 Å². The van der Waals surface area contributed by atoms with Crippen molar-refractivity contribution in [2.75, 3.05) is 0 Å². The largest absolute Gasteiger partial charge is 0.0808 e. The fraction of sp³-hybridized carbons (Fsp3) is 0.0526. The van der Waals surface area contributed by atoms with Crippen LogP contribution >= 0.6 is 0 Å². The molecule has 0 N–H and O–H groups in total. The van der Waals surface area contributed by atoms with Gasteiger partial charge in [-0.05, 0) is 127 Å². The van der Waals surface area contributed by atoms with Crippen LogP contribution in [0.15, 0.2) is 200 Å². The maximum atomic E-state index is 2.57. The molecule has 2 atom stereocenters. The van der Waals surface area contributed by atoms with Crippen LogP contribution in [0.1, 0.15) is 23.6 Å². The molecule has 0 heterocycles. The highest BCUT2D eigenvalue weighted by atomic mass is 14.3. The Morgan fingerprint density at radius 3 is 1.33 bits per heavy atom. The second-order valence-electron chi connectivity index (χ2n) is 15.9. The molecule has 0 nitrogen and oxygen atoms in total. The Morgan fingerprint density at radius 2 is 0.772 bits per heavy atom. The van der Waals surface area contributed by atoms with Gasteiger partial charge in [0.25, 0.3) is 0 Å². The molecule has 0 radical (unpaired) electrons. The van der Waals surface area contributed by atoms with Crippen LogP contribution < -0.4 is 0 Å². The van der Waals surface area contributed by atoms with E-state index in [1.807, 2.05) is 0 Å². The minimum absolute atomic E-state index is 0.323. The van der Waals surface area contributed by atoms with Crippen LogP contribution in [0.25, 0.3) is 98.0 Å². The van der Waals surface area contributed by atoms with Crippen molar-refractivity contribution in [3.63, 3.8) is 0 Å². The monoisotopic (exact) mass is 722 g/mol. The molecule has 266 valence electrons. The fourth-order valence-corrected chi connectivity index (χ4v) is 10.5. The molecule has 0 aromatic heterocycles. The van der Waals surface area contributed by atoms with Crippen LogP contribution in [0.4, 0.5) is 0 Å². The van der Waals surface area contributed by atoms with E-state index in [1.165, 1.54) is 115 Å². The second kappa shape index (κ2) is 12.5. The predicted octanol–water partition coefficient (Wildman–Crippen LogP) is 15.6. The minimum atomic E-state index is 0.323. The molecule has 2 aliphatic rings. The van der Waals surface area contributed by atoms with E-state index < -0.39 is 0 Å². The number of benzene rings is 10. The second-order valence-corrected chi connectivity index (χ2v) is 15.9. The first-order valence-corrected chi connectivity index (χ1v) is 20.2. The van der Waals surface area contributed by atoms with E-state index in [-0.39, 0.29) is 0 Å². The Balaban J connectivity index is 1.22. The summed E-state index contributed by atoms with van der Waals surface area (Å²) in [6, 6.07) is 65.8. The lowest BCUT2D eigenvalue weighted by Crippen LogP contribution is -2.17. The van der Waals surface area contributed by atoms with Crippen molar-refractivity contribution >= 4 is 75.8 Å². The summed E-state index contributed by atoms with van der Waals surface area (Å²) in [6.07, 6.45) is 9.50. The van der Waals surface area contributed by atoms with Gasteiger partial charge >= 0.3 is 0 Å². The first-order valence-electron chi connectivity index (χ1n) is 20.2. The highest BCUT2D eigenvalue weighted by Crippen LogP contribution is 2.53. The van der Waals surface area contributed by atoms with Gasteiger partial charge in [-0.2, -0.15) is 0 Å². The normalized spacial score (nSPS) is 16.3. The third kappa shape index (κ3) is 4.68. The van der Waals surface area contributed by atoms with Gasteiger partial charge in [0.15, 0.2) is 0 Å². The highest BCUT2D eigenvalue weighted by Gasteiger charge is 2.31. The first-order chi connectivity index (χ1) is 28.2. The topological polar surface area (TPSA) is 0 Å². The SMILES string of the molecule is CC1C=CC=C2c3ccccc3C(c3c4ccccc4c(-c4c5ccccc5c(-c5cc6ccccc6c6ccccc56)c5ccccc45)c4ccccc34)=CC21. The molecule has 0 aliphatic heterocycles. The van der Waals surface area contributed by atoms with Crippen LogP contribution in [-0.2, 0) is 0 Å². The van der Waals surface area contributed by atoms with Crippen molar-refractivity contribution in [1.82, 2.24) is 0 Å². The Bertz CT molecular complexity index is 3310. The van der Waals surface area contributed by atoms with Gasteiger partial charge < -0.3 is 0 Å². The van der Waals surface area contributed by atoms with Crippen LogP contribution in [0.5, 0.6) is 0 Å². The van der Waals surface area contributed by atoms with E-state index in [0.29, 0.717) is 11.8 Å². The lowest BCUT2D eigenvalue weighted by molar-refractivity contribution is 0.619. The molecule has 0 spiro atoms. The number of hydrogen-bond donors (Lipinski definition) is 0. The Labute approximate surface area is 332 Å². The van der Waals surface area contributed by atoms with Crippen molar-refractivity contribution in [3.05, 3.63) is 217 Å². The molecule has 0 heteroatoms. The maximum absolute atomic E-state index is 2.57. The molecule has 0 fully saturated rings. The zero-order chi connectivity index (χ0) is 37.6. The van der Waals surface area contributed by atoms with Gasteiger partial charge in [0.1, 0.15) is 0 Å². The summed E-state index contributed by atoms with van der Waals surface area (Å²) in [7, 11) is 0. The van der Waals surface area contributed by atoms with E-state index in [4.69, 9.17) is 0 Å². The third-order valence-electron chi connectivity index (χ3n) is 12.9. The lowest BCUT2D eigenvalue weighted by atomic mass is 9.71.